The zero-order valence-electron chi connectivity index (χ0n) is 14.6. The second-order valence-electron chi connectivity index (χ2n) is 6.87. The van der Waals surface area contributed by atoms with Crippen LogP contribution < -0.4 is 4.90 Å². The first-order valence-electron chi connectivity index (χ1n) is 8.70. The highest BCUT2D eigenvalue weighted by molar-refractivity contribution is 5.58. The Morgan fingerprint density at radius 2 is 1.70 bits per heavy atom. The van der Waals surface area contributed by atoms with E-state index in [-0.39, 0.29) is 0 Å². The van der Waals surface area contributed by atoms with Gasteiger partial charge in [-0.05, 0) is 62.5 Å². The van der Waals surface area contributed by atoms with Crippen LogP contribution >= 0.6 is 0 Å². The minimum Gasteiger partial charge on any atom is -0.374 e. The van der Waals surface area contributed by atoms with Gasteiger partial charge in [0.25, 0.3) is 0 Å². The van der Waals surface area contributed by atoms with Crippen LogP contribution in [0.5, 0.6) is 0 Å². The lowest BCUT2D eigenvalue weighted by molar-refractivity contribution is 0.286. The molecule has 0 aromatic heterocycles. The molecular formula is C21H28N2. The third kappa shape index (κ3) is 3.59. The van der Waals surface area contributed by atoms with Crippen LogP contribution in [0.15, 0.2) is 48.5 Å². The highest BCUT2D eigenvalue weighted by atomic mass is 15.1. The standard InChI is InChI=1S/C21H28N2/c1-22(2)20(18-9-5-4-6-10-18)15-16-23(3)21-14-8-12-17-11-7-13-19(17)21/h4-6,8-10,12,14,20H,7,11,13,15-16H2,1-3H3. The first kappa shape index (κ1) is 16.1. The molecule has 1 aliphatic carbocycles. The Bertz CT molecular complexity index is 634. The van der Waals surface area contributed by atoms with E-state index >= 15 is 0 Å². The van der Waals surface area contributed by atoms with Gasteiger partial charge in [0.2, 0.25) is 0 Å². The van der Waals surface area contributed by atoms with Crippen LogP contribution in [0.3, 0.4) is 0 Å². The van der Waals surface area contributed by atoms with Crippen molar-refractivity contribution < 1.29 is 0 Å². The highest BCUT2D eigenvalue weighted by Crippen LogP contribution is 2.31. The fraction of sp³-hybridized carbons (Fsp3) is 0.429. The summed E-state index contributed by atoms with van der Waals surface area (Å²) in [5.74, 6) is 0. The first-order chi connectivity index (χ1) is 11.2. The quantitative estimate of drug-likeness (QED) is 0.785. The van der Waals surface area contributed by atoms with E-state index in [1.165, 1.54) is 30.5 Å². The Morgan fingerprint density at radius 3 is 2.43 bits per heavy atom. The van der Waals surface area contributed by atoms with E-state index in [0.717, 1.165) is 13.0 Å². The van der Waals surface area contributed by atoms with E-state index in [2.05, 4.69) is 79.5 Å². The average molecular weight is 308 g/mol. The highest BCUT2D eigenvalue weighted by Gasteiger charge is 2.18. The molecule has 1 unspecified atom stereocenters. The summed E-state index contributed by atoms with van der Waals surface area (Å²) in [6, 6.07) is 18.1. The zero-order valence-corrected chi connectivity index (χ0v) is 14.6. The molecule has 0 radical (unpaired) electrons. The molecule has 0 amide bonds. The molecule has 0 N–H and O–H groups in total. The molecule has 0 saturated carbocycles. The molecule has 2 nitrogen and oxygen atoms in total. The Kier molecular flexibility index (Phi) is 5.02. The number of aryl methyl sites for hydroxylation is 1. The molecule has 23 heavy (non-hydrogen) atoms. The maximum Gasteiger partial charge on any atom is 0.0398 e. The van der Waals surface area contributed by atoms with Crippen LogP contribution in [-0.2, 0) is 12.8 Å². The normalized spacial score (nSPS) is 14.8. The lowest BCUT2D eigenvalue weighted by atomic mass is 10.0. The van der Waals surface area contributed by atoms with Gasteiger partial charge in [-0.1, -0.05) is 42.5 Å². The van der Waals surface area contributed by atoms with Crippen molar-refractivity contribution in [3.63, 3.8) is 0 Å². The summed E-state index contributed by atoms with van der Waals surface area (Å²) in [5.41, 5.74) is 5.98. The molecule has 0 spiro atoms. The molecular weight excluding hydrogens is 280 g/mol. The number of rotatable bonds is 6. The molecule has 2 aromatic rings. The number of nitrogens with zero attached hydrogens (tertiary/aromatic N) is 2. The van der Waals surface area contributed by atoms with Crippen LogP contribution in [0.4, 0.5) is 5.69 Å². The molecule has 0 heterocycles. The first-order valence-corrected chi connectivity index (χ1v) is 8.70. The molecule has 0 bridgehead atoms. The third-order valence-electron chi connectivity index (χ3n) is 5.08. The molecule has 2 heteroatoms. The number of anilines is 1. The number of fused-ring (bicyclic) bond motifs is 1. The van der Waals surface area contributed by atoms with Crippen LogP contribution in [0.1, 0.15) is 35.6 Å². The van der Waals surface area contributed by atoms with Gasteiger partial charge in [0, 0.05) is 25.3 Å². The summed E-state index contributed by atoms with van der Waals surface area (Å²) in [6.07, 6.45) is 4.94. The summed E-state index contributed by atoms with van der Waals surface area (Å²) in [7, 11) is 6.60. The van der Waals surface area contributed by atoms with Crippen molar-refractivity contribution in [3.05, 3.63) is 65.2 Å². The Balaban J connectivity index is 1.70. The van der Waals surface area contributed by atoms with E-state index in [1.807, 2.05) is 0 Å². The van der Waals surface area contributed by atoms with Crippen molar-refractivity contribution in [2.75, 3.05) is 32.6 Å². The maximum absolute atomic E-state index is 2.45. The third-order valence-corrected chi connectivity index (χ3v) is 5.08. The van der Waals surface area contributed by atoms with Gasteiger partial charge in [-0.15, -0.1) is 0 Å². The Labute approximate surface area is 140 Å². The molecule has 0 saturated heterocycles. The molecule has 3 rings (SSSR count). The second kappa shape index (κ2) is 7.18. The van der Waals surface area contributed by atoms with E-state index in [0.29, 0.717) is 6.04 Å². The van der Waals surface area contributed by atoms with Crippen molar-refractivity contribution in [1.29, 1.82) is 0 Å². The van der Waals surface area contributed by atoms with Crippen molar-refractivity contribution in [1.82, 2.24) is 4.90 Å². The maximum atomic E-state index is 2.45. The van der Waals surface area contributed by atoms with Gasteiger partial charge in [-0.2, -0.15) is 0 Å². The van der Waals surface area contributed by atoms with Crippen molar-refractivity contribution in [3.8, 4) is 0 Å². The minimum atomic E-state index is 0.468. The molecule has 2 aromatic carbocycles. The van der Waals surface area contributed by atoms with Gasteiger partial charge in [0.05, 0.1) is 0 Å². The SMILES string of the molecule is CN(CCC(c1ccccc1)N(C)C)c1cccc2c1CCC2. The van der Waals surface area contributed by atoms with Gasteiger partial charge < -0.3 is 9.80 Å². The second-order valence-corrected chi connectivity index (χ2v) is 6.87. The van der Waals surface area contributed by atoms with Gasteiger partial charge in [-0.3, -0.25) is 0 Å². The average Bonchev–Trinajstić information content (AvgIpc) is 3.04. The molecule has 0 aliphatic heterocycles. The van der Waals surface area contributed by atoms with Crippen molar-refractivity contribution in [2.24, 2.45) is 0 Å². The van der Waals surface area contributed by atoms with Crippen LogP contribution in [0.25, 0.3) is 0 Å². The van der Waals surface area contributed by atoms with Gasteiger partial charge in [0.1, 0.15) is 0 Å². The fourth-order valence-electron chi connectivity index (χ4n) is 3.79. The minimum absolute atomic E-state index is 0.468. The topological polar surface area (TPSA) is 6.48 Å². The van der Waals surface area contributed by atoms with Gasteiger partial charge in [0.15, 0.2) is 0 Å². The van der Waals surface area contributed by atoms with Crippen molar-refractivity contribution >= 4 is 5.69 Å². The number of hydrogen-bond acceptors (Lipinski definition) is 2. The molecule has 122 valence electrons. The van der Waals surface area contributed by atoms with E-state index < -0.39 is 0 Å². The lowest BCUT2D eigenvalue weighted by Gasteiger charge is -2.29. The summed E-state index contributed by atoms with van der Waals surface area (Å²) < 4.78 is 0. The molecule has 1 aliphatic rings. The van der Waals surface area contributed by atoms with E-state index in [4.69, 9.17) is 0 Å². The Morgan fingerprint density at radius 1 is 0.913 bits per heavy atom. The molecule has 0 fully saturated rings. The largest absolute Gasteiger partial charge is 0.374 e. The molecule has 1 atom stereocenters. The summed E-state index contributed by atoms with van der Waals surface area (Å²) in [4.78, 5) is 4.78. The summed E-state index contributed by atoms with van der Waals surface area (Å²) in [5, 5.41) is 0. The van der Waals surface area contributed by atoms with Gasteiger partial charge >= 0.3 is 0 Å². The number of benzene rings is 2. The zero-order chi connectivity index (χ0) is 16.2. The van der Waals surface area contributed by atoms with E-state index in [1.54, 1.807) is 11.1 Å². The van der Waals surface area contributed by atoms with E-state index in [9.17, 15) is 0 Å². The lowest BCUT2D eigenvalue weighted by Crippen LogP contribution is -2.27. The monoisotopic (exact) mass is 308 g/mol. The van der Waals surface area contributed by atoms with Crippen LogP contribution in [0, 0.1) is 0 Å². The predicted octanol–water partition coefficient (Wildman–Crippen LogP) is 4.30. The fourth-order valence-corrected chi connectivity index (χ4v) is 3.79. The van der Waals surface area contributed by atoms with Gasteiger partial charge in [-0.25, -0.2) is 0 Å². The smallest absolute Gasteiger partial charge is 0.0398 e. The van der Waals surface area contributed by atoms with Crippen LogP contribution in [0.2, 0.25) is 0 Å². The predicted molar refractivity (Wildman–Crippen MR) is 99.2 cm³/mol. The van der Waals surface area contributed by atoms with Crippen molar-refractivity contribution in [2.45, 2.75) is 31.7 Å². The Hall–Kier alpha value is -1.80. The summed E-state index contributed by atoms with van der Waals surface area (Å²) in [6.45, 7) is 1.08. The summed E-state index contributed by atoms with van der Waals surface area (Å²) >= 11 is 0. The number of hydrogen-bond donors (Lipinski definition) is 0. The van der Waals surface area contributed by atoms with Crippen LogP contribution in [-0.4, -0.2) is 32.6 Å².